The van der Waals surface area contributed by atoms with Crippen LogP contribution in [-0.4, -0.2) is 93.0 Å². The van der Waals surface area contributed by atoms with Gasteiger partial charge in [0, 0.05) is 55.8 Å². The largest absolute Gasteiger partial charge is 0.465 e. The van der Waals surface area contributed by atoms with E-state index in [2.05, 4.69) is 20.8 Å². The number of anilines is 1. The quantitative estimate of drug-likeness (QED) is 0.304. The Morgan fingerprint density at radius 3 is 2.80 bits per heavy atom. The first kappa shape index (κ1) is 29.1. The summed E-state index contributed by atoms with van der Waals surface area (Å²) >= 11 is 0. The van der Waals surface area contributed by atoms with E-state index in [1.165, 1.54) is 17.2 Å². The molecule has 0 spiro atoms. The van der Waals surface area contributed by atoms with E-state index in [1.807, 2.05) is 11.8 Å². The van der Waals surface area contributed by atoms with E-state index in [0.717, 1.165) is 19.4 Å². The Kier molecular flexibility index (Phi) is 7.16. The second kappa shape index (κ2) is 11.1. The van der Waals surface area contributed by atoms with Crippen LogP contribution in [0.25, 0.3) is 32.9 Å². The summed E-state index contributed by atoms with van der Waals surface area (Å²) in [6.45, 7) is 3.90. The van der Waals surface area contributed by atoms with Gasteiger partial charge >= 0.3 is 12.1 Å². The maximum absolute atomic E-state index is 16.7. The summed E-state index contributed by atoms with van der Waals surface area (Å²) in [6, 6.07) is 7.60. The molecule has 12 heteroatoms. The number of pyridine rings is 1. The lowest BCUT2D eigenvalue weighted by Gasteiger charge is -2.39. The van der Waals surface area contributed by atoms with Crippen molar-refractivity contribution in [1.29, 1.82) is 0 Å². The number of carbonyl (C=O) groups is 1. The minimum absolute atomic E-state index is 0.00465. The van der Waals surface area contributed by atoms with Gasteiger partial charge in [-0.3, -0.25) is 9.88 Å². The van der Waals surface area contributed by atoms with Crippen LogP contribution in [-0.2, 0) is 0 Å². The first-order chi connectivity index (χ1) is 21.7. The molecule has 0 radical (unpaired) electrons. The first-order valence-corrected chi connectivity index (χ1v) is 15.0. The third-order valence-corrected chi connectivity index (χ3v) is 9.44. The standard InChI is InChI=1S/C33H31F3N6O3/c1-3-22-25(35)9-8-20-6-4-7-23(26(20)22)28-27(36)29-24(15-37-28)30(42-13-12-40(32(43)44)16-19(42)2)39-31(38-29)45-18-33-10-5-11-41(33)17-21(34)14-33/h1,4,6-9,15,19,21H,5,10-14,16-18H2,2H3,(H,43,44)/t19-,21+,33-/m0/s1. The Bertz CT molecular complexity index is 1880. The van der Waals surface area contributed by atoms with E-state index >= 15 is 4.39 Å². The SMILES string of the molecule is C#Cc1c(F)ccc2cccc(-c3ncc4c(N5CCN(C(=O)O)C[C@@H]5C)nc(OC[C@@]56CCCN5C[C@H](F)C6)nc4c3F)c12. The van der Waals surface area contributed by atoms with Gasteiger partial charge in [0.1, 0.15) is 35.6 Å². The van der Waals surface area contributed by atoms with Gasteiger partial charge in [-0.1, -0.05) is 30.2 Å². The summed E-state index contributed by atoms with van der Waals surface area (Å²) in [5, 5.41) is 10.8. The fourth-order valence-electron chi connectivity index (χ4n) is 7.28. The van der Waals surface area contributed by atoms with Crippen molar-refractivity contribution < 1.29 is 27.8 Å². The molecule has 3 saturated heterocycles. The number of ether oxygens (including phenoxy) is 1. The van der Waals surface area contributed by atoms with Crippen LogP contribution in [0, 0.1) is 24.0 Å². The van der Waals surface area contributed by atoms with Crippen molar-refractivity contribution in [2.45, 2.75) is 43.9 Å². The molecule has 4 aromatic rings. The van der Waals surface area contributed by atoms with E-state index in [0.29, 0.717) is 47.1 Å². The van der Waals surface area contributed by atoms with Crippen LogP contribution in [0.1, 0.15) is 31.7 Å². The number of hydrogen-bond donors (Lipinski definition) is 1. The molecule has 1 N–H and O–H groups in total. The number of halogens is 3. The zero-order valence-electron chi connectivity index (χ0n) is 24.6. The molecule has 3 aliphatic heterocycles. The van der Waals surface area contributed by atoms with Crippen molar-refractivity contribution in [3.63, 3.8) is 0 Å². The van der Waals surface area contributed by atoms with Crippen LogP contribution >= 0.6 is 0 Å². The third-order valence-electron chi connectivity index (χ3n) is 9.44. The molecule has 3 fully saturated rings. The van der Waals surface area contributed by atoms with Crippen molar-refractivity contribution in [2.75, 3.05) is 44.2 Å². The molecule has 45 heavy (non-hydrogen) atoms. The monoisotopic (exact) mass is 616 g/mol. The Balaban J connectivity index is 1.36. The number of terminal acetylenes is 1. The average Bonchev–Trinajstić information content (AvgIpc) is 3.55. The number of nitrogens with zero attached hydrogens (tertiary/aromatic N) is 6. The van der Waals surface area contributed by atoms with Gasteiger partial charge in [-0.05, 0) is 37.8 Å². The Morgan fingerprint density at radius 1 is 1.18 bits per heavy atom. The maximum atomic E-state index is 16.7. The molecular weight excluding hydrogens is 585 g/mol. The van der Waals surface area contributed by atoms with Gasteiger partial charge in [0.25, 0.3) is 0 Å². The molecule has 0 unspecified atom stereocenters. The summed E-state index contributed by atoms with van der Waals surface area (Å²) in [5.74, 6) is 1.39. The summed E-state index contributed by atoms with van der Waals surface area (Å²) < 4.78 is 52.1. The zero-order valence-corrected chi connectivity index (χ0v) is 24.6. The molecule has 3 aliphatic rings. The summed E-state index contributed by atoms with van der Waals surface area (Å²) in [6.07, 6.45) is 7.23. The van der Waals surface area contributed by atoms with E-state index in [-0.39, 0.29) is 48.5 Å². The van der Waals surface area contributed by atoms with Gasteiger partial charge in [0.05, 0.1) is 16.5 Å². The second-order valence-electron chi connectivity index (χ2n) is 12.1. The van der Waals surface area contributed by atoms with Crippen LogP contribution in [0.5, 0.6) is 6.01 Å². The van der Waals surface area contributed by atoms with E-state index < -0.39 is 29.4 Å². The molecule has 7 rings (SSSR count). The van der Waals surface area contributed by atoms with Crippen molar-refractivity contribution in [3.8, 4) is 29.6 Å². The summed E-state index contributed by atoms with van der Waals surface area (Å²) in [4.78, 5) is 30.7. The highest BCUT2D eigenvalue weighted by Crippen LogP contribution is 2.41. The van der Waals surface area contributed by atoms with Crippen LogP contribution in [0.15, 0.2) is 36.5 Å². The van der Waals surface area contributed by atoms with Gasteiger partial charge in [-0.25, -0.2) is 18.0 Å². The Labute approximate surface area is 257 Å². The third kappa shape index (κ3) is 4.86. The normalized spacial score (nSPS) is 23.4. The number of carboxylic acid groups (broad SMARTS) is 1. The Morgan fingerprint density at radius 2 is 2.02 bits per heavy atom. The molecule has 5 heterocycles. The molecule has 0 bridgehead atoms. The molecular formula is C33H31F3N6O3. The van der Waals surface area contributed by atoms with Crippen LogP contribution in [0.3, 0.4) is 0 Å². The fourth-order valence-corrected chi connectivity index (χ4v) is 7.28. The van der Waals surface area contributed by atoms with Crippen LogP contribution < -0.4 is 9.64 Å². The fraction of sp³-hybridized carbons (Fsp3) is 0.394. The second-order valence-corrected chi connectivity index (χ2v) is 12.1. The van der Waals surface area contributed by atoms with E-state index in [9.17, 15) is 18.7 Å². The van der Waals surface area contributed by atoms with Crippen molar-refractivity contribution in [2.24, 2.45) is 0 Å². The topological polar surface area (TPSA) is 94.9 Å². The predicted octanol–water partition coefficient (Wildman–Crippen LogP) is 5.25. The van der Waals surface area contributed by atoms with Gasteiger partial charge in [0.2, 0.25) is 0 Å². The van der Waals surface area contributed by atoms with Gasteiger partial charge in [-0.15, -0.1) is 6.42 Å². The number of aromatic nitrogens is 3. The number of alkyl halides is 1. The lowest BCUT2D eigenvalue weighted by molar-refractivity contribution is 0.107. The molecule has 2 aromatic carbocycles. The number of rotatable bonds is 5. The number of amides is 1. The Hall–Kier alpha value is -4.63. The van der Waals surface area contributed by atoms with Gasteiger partial charge in [0.15, 0.2) is 5.82 Å². The maximum Gasteiger partial charge on any atom is 0.407 e. The highest BCUT2D eigenvalue weighted by Gasteiger charge is 2.49. The minimum Gasteiger partial charge on any atom is -0.465 e. The smallest absolute Gasteiger partial charge is 0.407 e. The molecule has 2 aromatic heterocycles. The highest BCUT2D eigenvalue weighted by atomic mass is 19.1. The molecule has 9 nitrogen and oxygen atoms in total. The summed E-state index contributed by atoms with van der Waals surface area (Å²) in [7, 11) is 0. The van der Waals surface area contributed by atoms with E-state index in [1.54, 1.807) is 24.3 Å². The molecule has 0 aliphatic carbocycles. The number of fused-ring (bicyclic) bond motifs is 3. The number of hydrogen-bond acceptors (Lipinski definition) is 7. The van der Waals surface area contributed by atoms with Crippen LogP contribution in [0.4, 0.5) is 23.8 Å². The number of benzene rings is 2. The molecule has 3 atom stereocenters. The van der Waals surface area contributed by atoms with Gasteiger partial charge < -0.3 is 19.6 Å². The van der Waals surface area contributed by atoms with Crippen molar-refractivity contribution >= 4 is 33.6 Å². The average molecular weight is 617 g/mol. The van der Waals surface area contributed by atoms with Crippen molar-refractivity contribution in [3.05, 3.63) is 53.7 Å². The molecule has 232 valence electrons. The lowest BCUT2D eigenvalue weighted by Crippen LogP contribution is -2.53. The predicted molar refractivity (Wildman–Crippen MR) is 163 cm³/mol. The van der Waals surface area contributed by atoms with Crippen molar-refractivity contribution in [1.82, 2.24) is 24.8 Å². The zero-order chi connectivity index (χ0) is 31.5. The van der Waals surface area contributed by atoms with E-state index in [4.69, 9.17) is 16.1 Å². The summed E-state index contributed by atoms with van der Waals surface area (Å²) in [5.41, 5.74) is -0.278. The minimum atomic E-state index is -1.02. The van der Waals surface area contributed by atoms with Crippen LogP contribution in [0.2, 0.25) is 0 Å². The molecule has 0 saturated carbocycles. The molecule has 1 amide bonds. The lowest BCUT2D eigenvalue weighted by atomic mass is 9.95. The highest BCUT2D eigenvalue weighted by molar-refractivity contribution is 6.02. The first-order valence-electron chi connectivity index (χ1n) is 15.0. The number of piperazine rings is 1. The van der Waals surface area contributed by atoms with Gasteiger partial charge in [-0.2, -0.15) is 9.97 Å².